The zero-order valence-corrected chi connectivity index (χ0v) is 10.8. The van der Waals surface area contributed by atoms with Crippen LogP contribution in [0.25, 0.3) is 0 Å². The molecule has 0 fully saturated rings. The second-order valence-electron chi connectivity index (χ2n) is 5.66. The topological polar surface area (TPSA) is 41.5 Å². The molecule has 0 saturated heterocycles. The molecule has 0 amide bonds. The lowest BCUT2D eigenvalue weighted by atomic mass is 9.88. The van der Waals surface area contributed by atoms with E-state index in [0.717, 1.165) is 19.3 Å². The minimum Gasteiger partial charge on any atom is -0.508 e. The molecule has 3 heteroatoms. The predicted octanol–water partition coefficient (Wildman–Crippen LogP) is 3.09. The molecule has 0 spiro atoms. The first-order valence-corrected chi connectivity index (χ1v) is 6.21. The van der Waals surface area contributed by atoms with Crippen molar-refractivity contribution in [1.29, 1.82) is 0 Å². The monoisotopic (exact) mass is 235 g/mol. The minimum absolute atomic E-state index is 0.185. The van der Waals surface area contributed by atoms with E-state index >= 15 is 0 Å². The summed E-state index contributed by atoms with van der Waals surface area (Å²) in [5.74, 6) is 0.327. The highest BCUT2D eigenvalue weighted by Crippen LogP contribution is 2.32. The van der Waals surface area contributed by atoms with Crippen LogP contribution in [0.15, 0.2) is 18.2 Å². The van der Waals surface area contributed by atoms with E-state index < -0.39 is 0 Å². The molecule has 17 heavy (non-hydrogen) atoms. The zero-order valence-electron chi connectivity index (χ0n) is 10.8. The van der Waals surface area contributed by atoms with Gasteiger partial charge in [0, 0.05) is 0 Å². The van der Waals surface area contributed by atoms with Crippen LogP contribution in [0, 0.1) is 0 Å². The third kappa shape index (κ3) is 3.20. The number of fused-ring (bicyclic) bond motifs is 1. The van der Waals surface area contributed by atoms with Crippen LogP contribution >= 0.6 is 0 Å². The summed E-state index contributed by atoms with van der Waals surface area (Å²) < 4.78 is 0. The number of phenolic OH excluding ortho intramolecular Hbond substituents is 1. The molecule has 1 aliphatic rings. The Morgan fingerprint density at radius 1 is 1.35 bits per heavy atom. The van der Waals surface area contributed by atoms with Crippen molar-refractivity contribution in [2.24, 2.45) is 0 Å². The smallest absolute Gasteiger partial charge is 0.115 e. The van der Waals surface area contributed by atoms with Crippen LogP contribution in [0.2, 0.25) is 0 Å². The van der Waals surface area contributed by atoms with Gasteiger partial charge in [0.25, 0.3) is 0 Å². The minimum atomic E-state index is -0.200. The van der Waals surface area contributed by atoms with E-state index in [-0.39, 0.29) is 11.6 Å². The summed E-state index contributed by atoms with van der Waals surface area (Å²) in [5.41, 5.74) is 5.41. The highest BCUT2D eigenvalue weighted by atomic mass is 16.7. The zero-order chi connectivity index (χ0) is 12.5. The van der Waals surface area contributed by atoms with Crippen molar-refractivity contribution in [3.05, 3.63) is 29.3 Å². The molecule has 1 aromatic rings. The molecule has 1 aromatic carbocycles. The number of benzene rings is 1. The Morgan fingerprint density at radius 2 is 2.12 bits per heavy atom. The molecule has 94 valence electrons. The first kappa shape index (κ1) is 12.4. The normalized spacial score (nSPS) is 20.1. The summed E-state index contributed by atoms with van der Waals surface area (Å²) in [5, 5.41) is 9.57. The van der Waals surface area contributed by atoms with Crippen molar-refractivity contribution in [1.82, 2.24) is 5.48 Å². The van der Waals surface area contributed by atoms with Crippen molar-refractivity contribution < 1.29 is 9.94 Å². The van der Waals surface area contributed by atoms with Gasteiger partial charge in [0.2, 0.25) is 0 Å². The van der Waals surface area contributed by atoms with E-state index in [4.69, 9.17) is 4.84 Å². The van der Waals surface area contributed by atoms with E-state index in [1.165, 1.54) is 11.1 Å². The summed E-state index contributed by atoms with van der Waals surface area (Å²) >= 11 is 0. The van der Waals surface area contributed by atoms with Crippen LogP contribution in [-0.4, -0.2) is 10.7 Å². The summed E-state index contributed by atoms with van der Waals surface area (Å²) in [6.07, 6.45) is 3.29. The van der Waals surface area contributed by atoms with Crippen LogP contribution in [0.4, 0.5) is 0 Å². The number of hydroxylamine groups is 1. The fourth-order valence-electron chi connectivity index (χ4n) is 2.16. The Hall–Kier alpha value is -1.06. The maximum atomic E-state index is 9.57. The lowest BCUT2D eigenvalue weighted by molar-refractivity contribution is -0.0911. The van der Waals surface area contributed by atoms with Gasteiger partial charge in [-0.2, -0.15) is 5.48 Å². The molecule has 3 nitrogen and oxygen atoms in total. The highest BCUT2D eigenvalue weighted by molar-refractivity contribution is 5.38. The molecule has 1 unspecified atom stereocenters. The van der Waals surface area contributed by atoms with Crippen molar-refractivity contribution in [2.75, 3.05) is 0 Å². The number of aromatic hydroxyl groups is 1. The fraction of sp³-hybridized carbons (Fsp3) is 0.571. The van der Waals surface area contributed by atoms with Gasteiger partial charge in [-0.05, 0) is 63.3 Å². The molecule has 2 N–H and O–H groups in total. The van der Waals surface area contributed by atoms with Crippen molar-refractivity contribution in [2.45, 2.75) is 51.7 Å². The molecular formula is C14H21NO2. The maximum absolute atomic E-state index is 9.57. The molecule has 0 saturated carbocycles. The number of nitrogens with one attached hydrogen (secondary N) is 1. The standard InChI is InChI=1S/C14H21NO2/c1-14(2,3)17-15-13-6-4-5-10-7-8-11(16)9-12(10)13/h7-9,13,15-16H,4-6H2,1-3H3. The number of aryl methyl sites for hydroxylation is 1. The van der Waals surface area contributed by atoms with Crippen molar-refractivity contribution in [3.63, 3.8) is 0 Å². The van der Waals surface area contributed by atoms with Crippen molar-refractivity contribution >= 4 is 0 Å². The van der Waals surface area contributed by atoms with Gasteiger partial charge in [-0.3, -0.25) is 4.84 Å². The first-order valence-electron chi connectivity index (χ1n) is 6.21. The third-order valence-corrected chi connectivity index (χ3v) is 2.95. The second-order valence-corrected chi connectivity index (χ2v) is 5.66. The van der Waals surface area contributed by atoms with Crippen LogP contribution < -0.4 is 5.48 Å². The molecular weight excluding hydrogens is 214 g/mol. The number of phenols is 1. The van der Waals surface area contributed by atoms with E-state index in [1.54, 1.807) is 6.07 Å². The molecule has 2 rings (SSSR count). The van der Waals surface area contributed by atoms with E-state index in [9.17, 15) is 5.11 Å². The lowest BCUT2D eigenvalue weighted by Gasteiger charge is -2.29. The Morgan fingerprint density at radius 3 is 2.82 bits per heavy atom. The number of hydrogen-bond acceptors (Lipinski definition) is 3. The van der Waals surface area contributed by atoms with Gasteiger partial charge in [-0.1, -0.05) is 6.07 Å². The SMILES string of the molecule is CC(C)(C)ONC1CCCc2ccc(O)cc21. The van der Waals surface area contributed by atoms with Gasteiger partial charge >= 0.3 is 0 Å². The average molecular weight is 235 g/mol. The Kier molecular flexibility index (Phi) is 3.40. The fourth-order valence-corrected chi connectivity index (χ4v) is 2.16. The predicted molar refractivity (Wildman–Crippen MR) is 67.8 cm³/mol. The van der Waals surface area contributed by atoms with E-state index in [0.29, 0.717) is 5.75 Å². The van der Waals surface area contributed by atoms with Crippen LogP contribution in [0.5, 0.6) is 5.75 Å². The number of rotatable bonds is 2. The highest BCUT2D eigenvalue weighted by Gasteiger charge is 2.22. The molecule has 0 aliphatic heterocycles. The van der Waals surface area contributed by atoms with E-state index in [2.05, 4.69) is 5.48 Å². The summed E-state index contributed by atoms with van der Waals surface area (Å²) in [4.78, 5) is 5.63. The molecule has 1 atom stereocenters. The van der Waals surface area contributed by atoms with Crippen LogP contribution in [-0.2, 0) is 11.3 Å². The molecule has 1 aliphatic carbocycles. The largest absolute Gasteiger partial charge is 0.508 e. The summed E-state index contributed by atoms with van der Waals surface area (Å²) in [6, 6.07) is 5.80. The van der Waals surface area contributed by atoms with E-state index in [1.807, 2.05) is 32.9 Å². The van der Waals surface area contributed by atoms with Gasteiger partial charge in [0.15, 0.2) is 0 Å². The van der Waals surface area contributed by atoms with Crippen molar-refractivity contribution in [3.8, 4) is 5.75 Å². The quantitative estimate of drug-likeness (QED) is 0.774. The molecule has 0 radical (unpaired) electrons. The molecule has 0 aromatic heterocycles. The Balaban J connectivity index is 2.14. The Bertz CT molecular complexity index is 396. The average Bonchev–Trinajstić information content (AvgIpc) is 2.25. The first-order chi connectivity index (χ1) is 7.96. The van der Waals surface area contributed by atoms with Crippen LogP contribution in [0.3, 0.4) is 0 Å². The second kappa shape index (κ2) is 4.67. The summed E-state index contributed by atoms with van der Waals surface area (Å²) in [6.45, 7) is 6.06. The van der Waals surface area contributed by atoms with Gasteiger partial charge < -0.3 is 5.11 Å². The molecule has 0 bridgehead atoms. The molecule has 0 heterocycles. The third-order valence-electron chi connectivity index (χ3n) is 2.95. The summed E-state index contributed by atoms with van der Waals surface area (Å²) in [7, 11) is 0. The lowest BCUT2D eigenvalue weighted by Crippen LogP contribution is -2.33. The Labute approximate surface area is 103 Å². The number of hydrogen-bond donors (Lipinski definition) is 2. The van der Waals surface area contributed by atoms with Crippen LogP contribution in [0.1, 0.15) is 50.8 Å². The van der Waals surface area contributed by atoms with Gasteiger partial charge in [-0.15, -0.1) is 0 Å². The van der Waals surface area contributed by atoms with Gasteiger partial charge in [0.05, 0.1) is 11.6 Å². The maximum Gasteiger partial charge on any atom is 0.115 e. The van der Waals surface area contributed by atoms with Gasteiger partial charge in [0.1, 0.15) is 5.75 Å². The van der Waals surface area contributed by atoms with Gasteiger partial charge in [-0.25, -0.2) is 0 Å².